The lowest BCUT2D eigenvalue weighted by molar-refractivity contribution is 0.518. The molecule has 2 aromatic rings. The van der Waals surface area contributed by atoms with Crippen molar-refractivity contribution in [2.75, 3.05) is 18.4 Å². The first-order valence-corrected chi connectivity index (χ1v) is 8.63. The third kappa shape index (κ3) is 3.73. The molecule has 3 rings (SSSR count). The molecule has 1 N–H and O–H groups in total. The van der Waals surface area contributed by atoms with Crippen LogP contribution in [0.15, 0.2) is 42.5 Å². The first-order chi connectivity index (χ1) is 11.0. The van der Waals surface area contributed by atoms with E-state index < -0.39 is 0 Å². The van der Waals surface area contributed by atoms with Crippen LogP contribution in [0.4, 0.5) is 5.69 Å². The summed E-state index contributed by atoms with van der Waals surface area (Å²) in [5, 5.41) is 4.27. The first kappa shape index (κ1) is 16.0. The van der Waals surface area contributed by atoms with Crippen LogP contribution in [0.3, 0.4) is 0 Å². The normalized spacial score (nSPS) is 17.3. The van der Waals surface area contributed by atoms with Crippen molar-refractivity contribution in [3.05, 3.63) is 64.7 Å². The first-order valence-electron chi connectivity index (χ1n) is 8.22. The van der Waals surface area contributed by atoms with Crippen LogP contribution in [-0.4, -0.2) is 23.1 Å². The fourth-order valence-corrected chi connectivity index (χ4v) is 3.40. The molecule has 0 bridgehead atoms. The Morgan fingerprint density at radius 2 is 1.74 bits per heavy atom. The Hall–Kier alpha value is -1.87. The molecule has 1 fully saturated rings. The third-order valence-corrected chi connectivity index (χ3v) is 5.02. The standard InChI is InChI=1S/C20H24N2S/c1-14-5-8-17(9-6-14)18-10-11-22(13-18)20(23)21-19-12-15(2)4-7-16(19)3/h4-9,12,18H,10-11,13H2,1-3H3,(H,21,23)/t18-/m0/s1. The molecule has 2 nitrogen and oxygen atoms in total. The number of nitrogens with zero attached hydrogens (tertiary/aromatic N) is 1. The lowest BCUT2D eigenvalue weighted by Gasteiger charge is -2.22. The zero-order valence-corrected chi connectivity index (χ0v) is 14.9. The van der Waals surface area contributed by atoms with Gasteiger partial charge in [0.1, 0.15) is 0 Å². The molecule has 2 aromatic carbocycles. The number of anilines is 1. The predicted octanol–water partition coefficient (Wildman–Crippen LogP) is 4.80. The van der Waals surface area contributed by atoms with Crippen molar-refractivity contribution in [3.63, 3.8) is 0 Å². The molecular weight excluding hydrogens is 300 g/mol. The molecule has 3 heteroatoms. The number of hydrogen-bond donors (Lipinski definition) is 1. The number of nitrogens with one attached hydrogen (secondary N) is 1. The largest absolute Gasteiger partial charge is 0.348 e. The Bertz CT molecular complexity index is 706. The highest BCUT2D eigenvalue weighted by Gasteiger charge is 2.25. The summed E-state index contributed by atoms with van der Waals surface area (Å²) < 4.78 is 0. The number of likely N-dealkylation sites (tertiary alicyclic amines) is 1. The van der Waals surface area contributed by atoms with Crippen LogP contribution in [0.1, 0.15) is 34.6 Å². The SMILES string of the molecule is Cc1ccc([C@H]2CCN(C(=S)Nc3cc(C)ccc3C)C2)cc1. The quantitative estimate of drug-likeness (QED) is 0.799. The summed E-state index contributed by atoms with van der Waals surface area (Å²) in [6.45, 7) is 8.38. The lowest BCUT2D eigenvalue weighted by atomic mass is 9.98. The molecule has 0 radical (unpaired) electrons. The molecule has 0 saturated carbocycles. The van der Waals surface area contributed by atoms with Gasteiger partial charge in [-0.1, -0.05) is 42.0 Å². The Morgan fingerprint density at radius 1 is 1.04 bits per heavy atom. The third-order valence-electron chi connectivity index (χ3n) is 4.66. The van der Waals surface area contributed by atoms with Gasteiger partial charge in [-0.3, -0.25) is 0 Å². The number of rotatable bonds is 2. The van der Waals surface area contributed by atoms with Gasteiger partial charge < -0.3 is 10.2 Å². The maximum Gasteiger partial charge on any atom is 0.173 e. The van der Waals surface area contributed by atoms with Crippen LogP contribution in [0, 0.1) is 20.8 Å². The van der Waals surface area contributed by atoms with E-state index in [0.717, 1.165) is 30.3 Å². The lowest BCUT2D eigenvalue weighted by Crippen LogP contribution is -2.32. The van der Waals surface area contributed by atoms with Crippen molar-refractivity contribution >= 4 is 23.0 Å². The van der Waals surface area contributed by atoms with Crippen LogP contribution in [-0.2, 0) is 0 Å². The highest BCUT2D eigenvalue weighted by Crippen LogP contribution is 2.28. The maximum atomic E-state index is 5.64. The van der Waals surface area contributed by atoms with E-state index in [1.807, 2.05) is 0 Å². The average Bonchev–Trinajstić information content (AvgIpc) is 3.02. The van der Waals surface area contributed by atoms with Crippen LogP contribution >= 0.6 is 12.2 Å². The molecule has 23 heavy (non-hydrogen) atoms. The van der Waals surface area contributed by atoms with Crippen LogP contribution in [0.25, 0.3) is 0 Å². The second kappa shape index (κ2) is 6.71. The van der Waals surface area contributed by atoms with Crippen molar-refractivity contribution < 1.29 is 0 Å². The summed E-state index contributed by atoms with van der Waals surface area (Å²) in [6.07, 6.45) is 1.16. The smallest absolute Gasteiger partial charge is 0.173 e. The summed E-state index contributed by atoms with van der Waals surface area (Å²) in [5.41, 5.74) is 6.34. The van der Waals surface area contributed by atoms with E-state index in [2.05, 4.69) is 73.5 Å². The Balaban J connectivity index is 1.65. The second-order valence-corrected chi connectivity index (χ2v) is 6.98. The van der Waals surface area contributed by atoms with E-state index >= 15 is 0 Å². The molecule has 0 aromatic heterocycles. The van der Waals surface area contributed by atoms with Gasteiger partial charge in [-0.05, 0) is 62.2 Å². The molecule has 0 spiro atoms. The van der Waals surface area contributed by atoms with Gasteiger partial charge in [0.05, 0.1) is 0 Å². The highest BCUT2D eigenvalue weighted by molar-refractivity contribution is 7.80. The molecule has 0 aliphatic carbocycles. The maximum absolute atomic E-state index is 5.64. The second-order valence-electron chi connectivity index (χ2n) is 6.59. The van der Waals surface area contributed by atoms with E-state index in [4.69, 9.17) is 12.2 Å². The monoisotopic (exact) mass is 324 g/mol. The summed E-state index contributed by atoms with van der Waals surface area (Å²) in [7, 11) is 0. The van der Waals surface area contributed by atoms with Crippen molar-refractivity contribution in [2.45, 2.75) is 33.1 Å². The van der Waals surface area contributed by atoms with E-state index in [-0.39, 0.29) is 0 Å². The molecule has 1 atom stereocenters. The Labute approximate surface area is 144 Å². The van der Waals surface area contributed by atoms with Crippen LogP contribution in [0.5, 0.6) is 0 Å². The van der Waals surface area contributed by atoms with Gasteiger partial charge in [-0.25, -0.2) is 0 Å². The van der Waals surface area contributed by atoms with Crippen molar-refractivity contribution in [3.8, 4) is 0 Å². The zero-order valence-electron chi connectivity index (χ0n) is 14.1. The molecule has 1 heterocycles. The minimum atomic E-state index is 0.578. The molecule has 120 valence electrons. The Kier molecular flexibility index (Phi) is 4.67. The van der Waals surface area contributed by atoms with Gasteiger partial charge in [0.2, 0.25) is 0 Å². The van der Waals surface area contributed by atoms with E-state index in [1.54, 1.807) is 0 Å². The van der Waals surface area contributed by atoms with Gasteiger partial charge in [0, 0.05) is 24.7 Å². The number of aryl methyl sites for hydroxylation is 3. The van der Waals surface area contributed by atoms with E-state index in [1.165, 1.54) is 22.3 Å². The molecule has 1 aliphatic heterocycles. The van der Waals surface area contributed by atoms with Gasteiger partial charge >= 0.3 is 0 Å². The van der Waals surface area contributed by atoms with Crippen LogP contribution in [0.2, 0.25) is 0 Å². The topological polar surface area (TPSA) is 15.3 Å². The molecular formula is C20H24N2S. The Morgan fingerprint density at radius 3 is 2.48 bits per heavy atom. The fraction of sp³-hybridized carbons (Fsp3) is 0.350. The summed E-state index contributed by atoms with van der Waals surface area (Å²) >= 11 is 5.64. The summed E-state index contributed by atoms with van der Waals surface area (Å²) in [6, 6.07) is 15.3. The van der Waals surface area contributed by atoms with E-state index in [0.29, 0.717) is 5.92 Å². The summed E-state index contributed by atoms with van der Waals surface area (Å²) in [4.78, 5) is 2.29. The van der Waals surface area contributed by atoms with Gasteiger partial charge in [-0.2, -0.15) is 0 Å². The average molecular weight is 324 g/mol. The minimum absolute atomic E-state index is 0.578. The van der Waals surface area contributed by atoms with Gasteiger partial charge in [0.15, 0.2) is 5.11 Å². The van der Waals surface area contributed by atoms with Gasteiger partial charge in [0.25, 0.3) is 0 Å². The number of benzene rings is 2. The predicted molar refractivity (Wildman–Crippen MR) is 102 cm³/mol. The molecule has 1 saturated heterocycles. The molecule has 0 amide bonds. The highest BCUT2D eigenvalue weighted by atomic mass is 32.1. The fourth-order valence-electron chi connectivity index (χ4n) is 3.12. The molecule has 1 aliphatic rings. The van der Waals surface area contributed by atoms with Gasteiger partial charge in [-0.15, -0.1) is 0 Å². The number of thiocarbonyl (C=S) groups is 1. The van der Waals surface area contributed by atoms with E-state index in [9.17, 15) is 0 Å². The minimum Gasteiger partial charge on any atom is -0.348 e. The zero-order chi connectivity index (χ0) is 16.4. The number of hydrogen-bond acceptors (Lipinski definition) is 1. The van der Waals surface area contributed by atoms with Crippen molar-refractivity contribution in [1.82, 2.24) is 4.90 Å². The molecule has 0 unspecified atom stereocenters. The van der Waals surface area contributed by atoms with Crippen molar-refractivity contribution in [2.24, 2.45) is 0 Å². The van der Waals surface area contributed by atoms with Crippen LogP contribution < -0.4 is 5.32 Å². The summed E-state index contributed by atoms with van der Waals surface area (Å²) in [5.74, 6) is 0.578. The van der Waals surface area contributed by atoms with Crippen molar-refractivity contribution in [1.29, 1.82) is 0 Å².